The van der Waals surface area contributed by atoms with Crippen LogP contribution in [0.25, 0.3) is 6.08 Å². The number of aromatic hydroxyl groups is 1. The molecule has 6 nitrogen and oxygen atoms in total. The topological polar surface area (TPSA) is 83.9 Å². The van der Waals surface area contributed by atoms with Crippen LogP contribution >= 0.6 is 11.8 Å². The molecule has 7 heteroatoms. The lowest BCUT2D eigenvalue weighted by Gasteiger charge is -2.09. The third kappa shape index (κ3) is 3.14. The summed E-state index contributed by atoms with van der Waals surface area (Å²) in [4.78, 5) is 36.3. The molecule has 1 N–H and O–H groups in total. The Morgan fingerprint density at radius 1 is 1.32 bits per heavy atom. The van der Waals surface area contributed by atoms with Crippen LogP contribution in [0.5, 0.6) is 5.75 Å². The largest absolute Gasteiger partial charge is 0.507 e. The summed E-state index contributed by atoms with van der Waals surface area (Å²) >= 11 is 0.773. The van der Waals surface area contributed by atoms with E-state index in [4.69, 9.17) is 0 Å². The minimum Gasteiger partial charge on any atom is -0.507 e. The highest BCUT2D eigenvalue weighted by Gasteiger charge is 2.36. The molecule has 1 fully saturated rings. The smallest absolute Gasteiger partial charge is 0.325 e. The van der Waals surface area contributed by atoms with E-state index < -0.39 is 23.7 Å². The Morgan fingerprint density at radius 3 is 2.45 bits per heavy atom. The molecule has 1 saturated heterocycles. The molecule has 1 aliphatic rings. The maximum Gasteiger partial charge on any atom is 0.325 e. The van der Waals surface area contributed by atoms with E-state index in [1.165, 1.54) is 7.11 Å². The van der Waals surface area contributed by atoms with Crippen LogP contribution in [0.3, 0.4) is 0 Å². The molecule has 1 aromatic carbocycles. The standard InChI is InChI=1S/C15H15NO5S/c1-8-4-10(5-9(2)13(8)18)6-11-14(19)16(15(20)22-11)7-12(17)21-3/h4-6,18H,7H2,1-3H3/b11-6+. The van der Waals surface area contributed by atoms with Crippen molar-refractivity contribution in [3.8, 4) is 5.75 Å². The van der Waals surface area contributed by atoms with Crippen molar-refractivity contribution in [2.24, 2.45) is 0 Å². The third-order valence-corrected chi connectivity index (χ3v) is 4.11. The van der Waals surface area contributed by atoms with Crippen LogP contribution in [-0.4, -0.2) is 40.8 Å². The molecule has 22 heavy (non-hydrogen) atoms. The number of nitrogens with zero attached hydrogens (tertiary/aromatic N) is 1. The van der Waals surface area contributed by atoms with E-state index >= 15 is 0 Å². The Labute approximate surface area is 131 Å². The predicted molar refractivity (Wildman–Crippen MR) is 82.3 cm³/mol. The number of amides is 2. The quantitative estimate of drug-likeness (QED) is 0.679. The number of ether oxygens (including phenoxy) is 1. The van der Waals surface area contributed by atoms with Crippen LogP contribution < -0.4 is 0 Å². The van der Waals surface area contributed by atoms with Gasteiger partial charge in [-0.05, 0) is 60.5 Å². The first-order valence-electron chi connectivity index (χ1n) is 6.46. The lowest BCUT2D eigenvalue weighted by atomic mass is 10.1. The number of thioether (sulfide) groups is 1. The SMILES string of the molecule is COC(=O)CN1C(=O)S/C(=C/c2cc(C)c(O)c(C)c2)C1=O. The first kappa shape index (κ1) is 16.1. The molecule has 2 amide bonds. The van der Waals surface area contributed by atoms with Gasteiger partial charge in [0.15, 0.2) is 0 Å². The van der Waals surface area contributed by atoms with E-state index in [-0.39, 0.29) is 10.7 Å². The van der Waals surface area contributed by atoms with Gasteiger partial charge in [-0.2, -0.15) is 0 Å². The molecule has 0 radical (unpaired) electrons. The van der Waals surface area contributed by atoms with Crippen LogP contribution in [0.4, 0.5) is 4.79 Å². The molecule has 116 valence electrons. The average Bonchev–Trinajstić information content (AvgIpc) is 2.72. The second-order valence-electron chi connectivity index (χ2n) is 4.85. The van der Waals surface area contributed by atoms with Gasteiger partial charge in [-0.3, -0.25) is 19.3 Å². The van der Waals surface area contributed by atoms with Gasteiger partial charge in [0.05, 0.1) is 12.0 Å². The summed E-state index contributed by atoms with van der Waals surface area (Å²) in [5.74, 6) is -0.973. The number of phenols is 1. The summed E-state index contributed by atoms with van der Waals surface area (Å²) in [5, 5.41) is 9.24. The van der Waals surface area contributed by atoms with Crippen LogP contribution in [0, 0.1) is 13.8 Å². The zero-order valence-electron chi connectivity index (χ0n) is 12.4. The summed E-state index contributed by atoms with van der Waals surface area (Å²) in [6.45, 7) is 3.11. The van der Waals surface area contributed by atoms with Gasteiger partial charge in [-0.15, -0.1) is 0 Å². The number of hydrogen-bond donors (Lipinski definition) is 1. The van der Waals surface area contributed by atoms with Gasteiger partial charge >= 0.3 is 5.97 Å². The highest BCUT2D eigenvalue weighted by atomic mass is 32.2. The summed E-state index contributed by atoms with van der Waals surface area (Å²) in [5.41, 5.74) is 2.07. The molecule has 2 rings (SSSR count). The number of esters is 1. The molecule has 1 aromatic rings. The van der Waals surface area contributed by atoms with Crippen molar-refractivity contribution in [2.75, 3.05) is 13.7 Å². The maximum absolute atomic E-state index is 12.2. The Bertz CT molecular complexity index is 672. The van der Waals surface area contributed by atoms with E-state index in [0.717, 1.165) is 16.7 Å². The average molecular weight is 321 g/mol. The first-order valence-corrected chi connectivity index (χ1v) is 7.27. The van der Waals surface area contributed by atoms with Crippen molar-refractivity contribution in [1.29, 1.82) is 0 Å². The lowest BCUT2D eigenvalue weighted by Crippen LogP contribution is -2.34. The van der Waals surface area contributed by atoms with Crippen LogP contribution in [0.1, 0.15) is 16.7 Å². The second-order valence-corrected chi connectivity index (χ2v) is 5.84. The number of methoxy groups -OCH3 is 1. The van der Waals surface area contributed by atoms with Crippen molar-refractivity contribution in [1.82, 2.24) is 4.90 Å². The fraction of sp³-hybridized carbons (Fsp3) is 0.267. The molecular weight excluding hydrogens is 306 g/mol. The Balaban J connectivity index is 2.28. The Hall–Kier alpha value is -2.28. The van der Waals surface area contributed by atoms with Crippen molar-refractivity contribution < 1.29 is 24.2 Å². The maximum atomic E-state index is 12.2. The summed E-state index contributed by atoms with van der Waals surface area (Å²) < 4.78 is 4.47. The van der Waals surface area contributed by atoms with Gasteiger partial charge in [-0.1, -0.05) is 0 Å². The van der Waals surface area contributed by atoms with E-state index in [1.54, 1.807) is 32.1 Å². The molecule has 0 spiro atoms. The molecule has 0 saturated carbocycles. The highest BCUT2D eigenvalue weighted by Crippen LogP contribution is 2.33. The number of imide groups is 1. The molecule has 0 bridgehead atoms. The number of carbonyl (C=O) groups is 3. The van der Waals surface area contributed by atoms with Crippen LogP contribution in [-0.2, 0) is 14.3 Å². The zero-order chi connectivity index (χ0) is 16.4. The normalized spacial score (nSPS) is 16.5. The van der Waals surface area contributed by atoms with Crippen molar-refractivity contribution in [2.45, 2.75) is 13.8 Å². The van der Waals surface area contributed by atoms with Gasteiger partial charge in [0.2, 0.25) is 0 Å². The Morgan fingerprint density at radius 2 is 1.91 bits per heavy atom. The number of hydrogen-bond acceptors (Lipinski definition) is 6. The minimum absolute atomic E-state index is 0.205. The van der Waals surface area contributed by atoms with E-state index in [1.807, 2.05) is 0 Å². The summed E-state index contributed by atoms with van der Waals surface area (Å²) in [7, 11) is 1.19. The van der Waals surface area contributed by atoms with Gasteiger partial charge < -0.3 is 9.84 Å². The van der Waals surface area contributed by atoms with E-state index in [9.17, 15) is 19.5 Å². The molecule has 0 aromatic heterocycles. The number of aryl methyl sites for hydroxylation is 2. The fourth-order valence-electron chi connectivity index (χ4n) is 2.05. The third-order valence-electron chi connectivity index (χ3n) is 3.20. The zero-order valence-corrected chi connectivity index (χ0v) is 13.2. The number of rotatable bonds is 3. The highest BCUT2D eigenvalue weighted by molar-refractivity contribution is 8.18. The second kappa shape index (κ2) is 6.23. The summed E-state index contributed by atoms with van der Waals surface area (Å²) in [6, 6.07) is 3.44. The van der Waals surface area contributed by atoms with Crippen molar-refractivity contribution in [3.05, 3.63) is 33.7 Å². The first-order chi connectivity index (χ1) is 10.3. The van der Waals surface area contributed by atoms with Crippen molar-refractivity contribution >= 4 is 35.0 Å². The number of carbonyl (C=O) groups excluding carboxylic acids is 3. The number of benzene rings is 1. The molecule has 0 aliphatic carbocycles. The van der Waals surface area contributed by atoms with Crippen LogP contribution in [0.2, 0.25) is 0 Å². The molecule has 1 heterocycles. The Kier molecular flexibility index (Phi) is 4.56. The monoisotopic (exact) mass is 321 g/mol. The molecule has 0 atom stereocenters. The minimum atomic E-state index is -0.653. The van der Waals surface area contributed by atoms with Gasteiger partial charge in [0, 0.05) is 0 Å². The van der Waals surface area contributed by atoms with Crippen molar-refractivity contribution in [3.63, 3.8) is 0 Å². The van der Waals surface area contributed by atoms with Gasteiger partial charge in [0.1, 0.15) is 12.3 Å². The predicted octanol–water partition coefficient (Wildman–Crippen LogP) is 2.22. The van der Waals surface area contributed by atoms with Gasteiger partial charge in [-0.25, -0.2) is 0 Å². The molecule has 0 unspecified atom stereocenters. The van der Waals surface area contributed by atoms with Gasteiger partial charge in [0.25, 0.3) is 11.1 Å². The summed E-state index contributed by atoms with van der Waals surface area (Å²) in [6.07, 6.45) is 1.57. The van der Waals surface area contributed by atoms with E-state index in [0.29, 0.717) is 16.7 Å². The lowest BCUT2D eigenvalue weighted by molar-refractivity contribution is -0.143. The number of phenolic OH excluding ortho intramolecular Hbond substituents is 1. The molecule has 1 aliphatic heterocycles. The fourth-order valence-corrected chi connectivity index (χ4v) is 2.89. The van der Waals surface area contributed by atoms with E-state index in [2.05, 4.69) is 4.74 Å². The molecular formula is C15H15NO5S. The van der Waals surface area contributed by atoms with Crippen LogP contribution in [0.15, 0.2) is 17.0 Å².